The molecule has 0 aliphatic rings. The van der Waals surface area contributed by atoms with Crippen molar-refractivity contribution in [3.05, 3.63) is 54.5 Å². The van der Waals surface area contributed by atoms with Gasteiger partial charge in [-0.05, 0) is 25.1 Å². The van der Waals surface area contributed by atoms with Gasteiger partial charge >= 0.3 is 0 Å². The van der Waals surface area contributed by atoms with Gasteiger partial charge in [0.25, 0.3) is 11.6 Å². The first kappa shape index (κ1) is 18.7. The summed E-state index contributed by atoms with van der Waals surface area (Å²) in [6.07, 6.45) is 0. The van der Waals surface area contributed by atoms with Crippen LogP contribution in [0.3, 0.4) is 0 Å². The Morgan fingerprint density at radius 1 is 1.35 bits per heavy atom. The zero-order valence-electron chi connectivity index (χ0n) is 13.7. The maximum Gasteiger partial charge on any atom is 0.289 e. The number of carbonyl (C=O) groups is 1. The minimum absolute atomic E-state index is 0.00127. The number of aromatic nitrogens is 1. The molecule has 0 N–H and O–H groups in total. The predicted octanol–water partition coefficient (Wildman–Crippen LogP) is 4.10. The van der Waals surface area contributed by atoms with Gasteiger partial charge in [-0.15, -0.1) is 11.3 Å². The first-order chi connectivity index (χ1) is 12.5. The number of nitro benzene ring substituents is 1. The Labute approximate surface area is 161 Å². The number of benzene rings is 1. The van der Waals surface area contributed by atoms with Crippen molar-refractivity contribution in [2.45, 2.75) is 13.5 Å². The molecule has 3 aromatic rings. The van der Waals surface area contributed by atoms with E-state index in [1.807, 2.05) is 11.5 Å². The monoisotopic (exact) mass is 411 g/mol. The maximum absolute atomic E-state index is 12.4. The number of nitrogens with zero attached hydrogens (tertiary/aromatic N) is 3. The van der Waals surface area contributed by atoms with Crippen LogP contribution in [0.5, 0.6) is 0 Å². The number of thiophene rings is 1. The first-order valence-corrected chi connectivity index (χ1v) is 9.70. The Balaban J connectivity index is 2.09. The molecule has 3 rings (SSSR count). The Hall–Kier alpha value is -2.07. The van der Waals surface area contributed by atoms with Crippen LogP contribution in [0.25, 0.3) is 10.2 Å². The van der Waals surface area contributed by atoms with Gasteiger partial charge in [-0.1, -0.05) is 22.9 Å². The number of halogens is 1. The lowest BCUT2D eigenvalue weighted by molar-refractivity contribution is -0.384. The topological polar surface area (TPSA) is 86.7 Å². The first-order valence-electron chi connectivity index (χ1n) is 7.69. The van der Waals surface area contributed by atoms with E-state index in [1.54, 1.807) is 18.2 Å². The van der Waals surface area contributed by atoms with E-state index in [-0.39, 0.29) is 5.69 Å². The molecule has 0 saturated carbocycles. The highest BCUT2D eigenvalue weighted by Crippen LogP contribution is 2.24. The van der Waals surface area contributed by atoms with Gasteiger partial charge in [0.05, 0.1) is 31.0 Å². The highest BCUT2D eigenvalue weighted by Gasteiger charge is 2.14. The second-order valence-corrected chi connectivity index (χ2v) is 7.89. The lowest BCUT2D eigenvalue weighted by Gasteiger charge is -2.05. The van der Waals surface area contributed by atoms with Gasteiger partial charge in [-0.25, -0.2) is 0 Å². The van der Waals surface area contributed by atoms with Crippen molar-refractivity contribution in [2.75, 3.05) is 13.2 Å². The number of fused-ring (bicyclic) bond motifs is 1. The molecule has 2 aromatic heterocycles. The molecule has 0 spiro atoms. The standard InChI is InChI=1S/C16H14ClN3O4S2/c1-2-24-8-7-19-11-4-3-10(20(22)23)9-13(11)26-16(19)18-15(21)12-5-6-14(17)25-12/h3-6,9H,2,7-8H2,1H3. The summed E-state index contributed by atoms with van der Waals surface area (Å²) in [7, 11) is 0. The Bertz CT molecular complexity index is 1040. The number of hydrogen-bond acceptors (Lipinski definition) is 6. The van der Waals surface area contributed by atoms with Gasteiger partial charge < -0.3 is 9.30 Å². The Morgan fingerprint density at radius 3 is 2.81 bits per heavy atom. The highest BCUT2D eigenvalue weighted by atomic mass is 35.5. The van der Waals surface area contributed by atoms with Gasteiger partial charge in [-0.3, -0.25) is 14.9 Å². The molecule has 0 atom stereocenters. The van der Waals surface area contributed by atoms with E-state index in [2.05, 4.69) is 4.99 Å². The minimum Gasteiger partial charge on any atom is -0.380 e. The third kappa shape index (κ3) is 4.01. The van der Waals surface area contributed by atoms with Crippen molar-refractivity contribution in [1.29, 1.82) is 0 Å². The third-order valence-corrected chi connectivity index (χ3v) is 5.78. The van der Waals surface area contributed by atoms with E-state index in [4.69, 9.17) is 16.3 Å². The molecular formula is C16H14ClN3O4S2. The van der Waals surface area contributed by atoms with Crippen molar-refractivity contribution in [2.24, 2.45) is 4.99 Å². The summed E-state index contributed by atoms with van der Waals surface area (Å²) in [6.45, 7) is 3.41. The third-order valence-electron chi connectivity index (χ3n) is 3.52. The van der Waals surface area contributed by atoms with Gasteiger partial charge in [0.1, 0.15) is 0 Å². The molecule has 0 radical (unpaired) electrons. The number of nitro groups is 1. The van der Waals surface area contributed by atoms with Crippen LogP contribution in [-0.2, 0) is 11.3 Å². The van der Waals surface area contributed by atoms with Crippen molar-refractivity contribution in [3.8, 4) is 0 Å². The normalized spacial score (nSPS) is 12.0. The number of non-ortho nitro benzene ring substituents is 1. The van der Waals surface area contributed by atoms with Crippen LogP contribution in [0.1, 0.15) is 16.6 Å². The molecule has 0 bridgehead atoms. The number of amides is 1. The zero-order valence-corrected chi connectivity index (χ0v) is 16.1. The van der Waals surface area contributed by atoms with Gasteiger partial charge in [0, 0.05) is 25.3 Å². The zero-order chi connectivity index (χ0) is 18.7. The largest absolute Gasteiger partial charge is 0.380 e. The molecule has 0 aliphatic heterocycles. The van der Waals surface area contributed by atoms with Crippen LogP contribution in [0, 0.1) is 10.1 Å². The van der Waals surface area contributed by atoms with E-state index in [1.165, 1.54) is 23.5 Å². The summed E-state index contributed by atoms with van der Waals surface area (Å²) in [5, 5.41) is 11.0. The molecule has 0 saturated heterocycles. The van der Waals surface area contributed by atoms with Gasteiger partial charge in [0.2, 0.25) is 0 Å². The molecular weight excluding hydrogens is 398 g/mol. The number of ether oxygens (including phenoxy) is 1. The molecule has 26 heavy (non-hydrogen) atoms. The van der Waals surface area contributed by atoms with Crippen LogP contribution in [-0.4, -0.2) is 28.6 Å². The van der Waals surface area contributed by atoms with Crippen molar-refractivity contribution in [1.82, 2.24) is 4.57 Å². The van der Waals surface area contributed by atoms with Crippen LogP contribution >= 0.6 is 34.3 Å². The predicted molar refractivity (Wildman–Crippen MR) is 102 cm³/mol. The lowest BCUT2D eigenvalue weighted by atomic mass is 10.3. The average Bonchev–Trinajstić information content (AvgIpc) is 3.18. The number of hydrogen-bond donors (Lipinski definition) is 0. The second-order valence-electron chi connectivity index (χ2n) is 5.16. The fraction of sp³-hybridized carbons (Fsp3) is 0.250. The van der Waals surface area contributed by atoms with Crippen molar-refractivity contribution < 1.29 is 14.5 Å². The van der Waals surface area contributed by atoms with Crippen molar-refractivity contribution >= 4 is 56.1 Å². The molecule has 2 heterocycles. The summed E-state index contributed by atoms with van der Waals surface area (Å²) in [4.78, 5) is 28.1. The number of rotatable bonds is 6. The molecule has 10 heteroatoms. The maximum atomic E-state index is 12.4. The van der Waals surface area contributed by atoms with Gasteiger partial charge in [-0.2, -0.15) is 4.99 Å². The van der Waals surface area contributed by atoms with Gasteiger partial charge in [0.15, 0.2) is 4.80 Å². The van der Waals surface area contributed by atoms with E-state index < -0.39 is 10.8 Å². The summed E-state index contributed by atoms with van der Waals surface area (Å²) < 4.78 is 8.44. The average molecular weight is 412 g/mol. The quantitative estimate of drug-likeness (QED) is 0.347. The summed E-state index contributed by atoms with van der Waals surface area (Å²) in [5.74, 6) is -0.395. The smallest absolute Gasteiger partial charge is 0.289 e. The van der Waals surface area contributed by atoms with Crippen LogP contribution < -0.4 is 4.80 Å². The van der Waals surface area contributed by atoms with E-state index in [0.29, 0.717) is 38.5 Å². The fourth-order valence-electron chi connectivity index (χ4n) is 2.35. The molecule has 0 fully saturated rings. The number of thiazole rings is 1. The molecule has 136 valence electrons. The molecule has 1 amide bonds. The van der Waals surface area contributed by atoms with E-state index >= 15 is 0 Å². The van der Waals surface area contributed by atoms with E-state index in [9.17, 15) is 14.9 Å². The molecule has 7 nitrogen and oxygen atoms in total. The minimum atomic E-state index is -0.445. The number of carbonyl (C=O) groups excluding carboxylic acids is 1. The van der Waals surface area contributed by atoms with Crippen LogP contribution in [0.4, 0.5) is 5.69 Å². The fourth-order valence-corrected chi connectivity index (χ4v) is 4.36. The lowest BCUT2D eigenvalue weighted by Crippen LogP contribution is -2.19. The van der Waals surface area contributed by atoms with Crippen LogP contribution in [0.15, 0.2) is 35.3 Å². The highest BCUT2D eigenvalue weighted by molar-refractivity contribution is 7.18. The molecule has 0 aliphatic carbocycles. The molecule has 1 aromatic carbocycles. The van der Waals surface area contributed by atoms with E-state index in [0.717, 1.165) is 16.9 Å². The van der Waals surface area contributed by atoms with Crippen molar-refractivity contribution in [3.63, 3.8) is 0 Å². The molecule has 0 unspecified atom stereocenters. The summed E-state index contributed by atoms with van der Waals surface area (Å²) >= 11 is 8.27. The Kier molecular flexibility index (Phi) is 5.82. The summed E-state index contributed by atoms with van der Waals surface area (Å²) in [5.41, 5.74) is 0.773. The SMILES string of the molecule is CCOCCn1c(=NC(=O)c2ccc(Cl)s2)sc2cc([N+](=O)[O-])ccc21. The second kappa shape index (κ2) is 8.09. The van der Waals surface area contributed by atoms with Crippen LogP contribution in [0.2, 0.25) is 4.34 Å². The summed E-state index contributed by atoms with van der Waals surface area (Å²) in [6, 6.07) is 7.87. The Morgan fingerprint density at radius 2 is 2.15 bits per heavy atom.